The van der Waals surface area contributed by atoms with E-state index in [2.05, 4.69) is 36.2 Å². The smallest absolute Gasteiger partial charge is 0.277 e. The molecule has 2 rings (SSSR count). The van der Waals surface area contributed by atoms with Gasteiger partial charge in [0.05, 0.1) is 6.54 Å². The first kappa shape index (κ1) is 11.1. The maximum absolute atomic E-state index is 11.5. The molecule has 0 saturated carbocycles. The monoisotopic (exact) mass is 302 g/mol. The summed E-state index contributed by atoms with van der Waals surface area (Å²) in [6.45, 7) is 0.418. The van der Waals surface area contributed by atoms with Gasteiger partial charge in [0.1, 0.15) is 0 Å². The van der Waals surface area contributed by atoms with Crippen LogP contribution < -0.4 is 11.1 Å². The Morgan fingerprint density at radius 2 is 2.44 bits per heavy atom. The van der Waals surface area contributed by atoms with Gasteiger partial charge >= 0.3 is 0 Å². The van der Waals surface area contributed by atoms with Crippen molar-refractivity contribution >= 4 is 39.0 Å². The molecule has 2 aromatic heterocycles. The van der Waals surface area contributed by atoms with Gasteiger partial charge in [-0.15, -0.1) is 11.3 Å². The van der Waals surface area contributed by atoms with Crippen molar-refractivity contribution in [2.75, 3.05) is 5.73 Å². The summed E-state index contributed by atoms with van der Waals surface area (Å²) in [5.74, 6) is -0.409. The molecule has 84 valence electrons. The molecule has 2 heterocycles. The lowest BCUT2D eigenvalue weighted by Gasteiger charge is -1.99. The van der Waals surface area contributed by atoms with Gasteiger partial charge < -0.3 is 11.1 Å². The fourth-order valence-electron chi connectivity index (χ4n) is 1.05. The van der Waals surface area contributed by atoms with E-state index in [0.29, 0.717) is 6.54 Å². The topological polar surface area (TPSA) is 94.0 Å². The number of hydrogen-bond acceptors (Lipinski definition) is 6. The molecule has 16 heavy (non-hydrogen) atoms. The summed E-state index contributed by atoms with van der Waals surface area (Å²) in [6, 6.07) is 1.93. The third-order valence-electron chi connectivity index (χ3n) is 1.77. The first-order valence-corrected chi connectivity index (χ1v) is 5.93. The van der Waals surface area contributed by atoms with Gasteiger partial charge in [0.2, 0.25) is 11.5 Å². The number of nitrogen functional groups attached to an aromatic ring is 1. The summed E-state index contributed by atoms with van der Waals surface area (Å²) in [6.07, 6.45) is 0. The van der Waals surface area contributed by atoms with E-state index in [9.17, 15) is 4.79 Å². The SMILES string of the molecule is Nc1nonc1C(=O)NCc1cc(Br)cs1. The second kappa shape index (κ2) is 4.62. The van der Waals surface area contributed by atoms with Gasteiger partial charge in [0.25, 0.3) is 5.91 Å². The van der Waals surface area contributed by atoms with Crippen LogP contribution in [0.3, 0.4) is 0 Å². The fraction of sp³-hybridized carbons (Fsp3) is 0.125. The molecule has 0 bridgehead atoms. The molecule has 6 nitrogen and oxygen atoms in total. The minimum absolute atomic E-state index is 0.00939. The van der Waals surface area contributed by atoms with E-state index < -0.39 is 5.91 Å². The number of nitrogens with one attached hydrogen (secondary N) is 1. The first-order valence-electron chi connectivity index (χ1n) is 4.26. The summed E-state index contributed by atoms with van der Waals surface area (Å²) < 4.78 is 5.32. The zero-order valence-electron chi connectivity index (χ0n) is 7.94. The molecule has 3 N–H and O–H groups in total. The van der Waals surface area contributed by atoms with Crippen molar-refractivity contribution < 1.29 is 9.42 Å². The Morgan fingerprint density at radius 3 is 3.00 bits per heavy atom. The normalized spacial score (nSPS) is 10.3. The summed E-state index contributed by atoms with van der Waals surface area (Å²) in [7, 11) is 0. The molecule has 0 aliphatic heterocycles. The van der Waals surface area contributed by atoms with Crippen molar-refractivity contribution in [1.82, 2.24) is 15.6 Å². The maximum atomic E-state index is 11.5. The largest absolute Gasteiger partial charge is 0.379 e. The van der Waals surface area contributed by atoms with E-state index in [0.717, 1.165) is 9.35 Å². The molecule has 0 aliphatic rings. The minimum Gasteiger partial charge on any atom is -0.379 e. The van der Waals surface area contributed by atoms with Crippen molar-refractivity contribution in [3.8, 4) is 0 Å². The predicted molar refractivity (Wildman–Crippen MR) is 61.9 cm³/mol. The highest BCUT2D eigenvalue weighted by Gasteiger charge is 2.15. The molecule has 0 atom stereocenters. The van der Waals surface area contributed by atoms with Gasteiger partial charge in [0.15, 0.2) is 0 Å². The Balaban J connectivity index is 1.96. The lowest BCUT2D eigenvalue weighted by Crippen LogP contribution is -2.23. The van der Waals surface area contributed by atoms with Gasteiger partial charge in [-0.05, 0) is 32.3 Å². The van der Waals surface area contributed by atoms with Crippen molar-refractivity contribution in [3.63, 3.8) is 0 Å². The summed E-state index contributed by atoms with van der Waals surface area (Å²) in [5.41, 5.74) is 5.39. The first-order chi connectivity index (χ1) is 7.66. The minimum atomic E-state index is -0.400. The highest BCUT2D eigenvalue weighted by atomic mass is 79.9. The average molecular weight is 303 g/mol. The second-order valence-corrected chi connectivity index (χ2v) is 4.82. The van der Waals surface area contributed by atoms with Crippen LogP contribution in [-0.4, -0.2) is 16.2 Å². The average Bonchev–Trinajstić information content (AvgIpc) is 2.84. The van der Waals surface area contributed by atoms with Crippen LogP contribution in [0.5, 0.6) is 0 Å². The van der Waals surface area contributed by atoms with Crippen LogP contribution in [0.4, 0.5) is 5.82 Å². The molecular formula is C8H7BrN4O2S. The van der Waals surface area contributed by atoms with Gasteiger partial charge in [-0.2, -0.15) is 0 Å². The number of rotatable bonds is 3. The number of carbonyl (C=O) groups is 1. The second-order valence-electron chi connectivity index (χ2n) is 2.91. The Hall–Kier alpha value is -1.41. The maximum Gasteiger partial charge on any atom is 0.277 e. The highest BCUT2D eigenvalue weighted by molar-refractivity contribution is 9.10. The Kier molecular flexibility index (Phi) is 3.20. The quantitative estimate of drug-likeness (QED) is 0.894. The van der Waals surface area contributed by atoms with Crippen molar-refractivity contribution in [2.45, 2.75) is 6.54 Å². The molecule has 0 spiro atoms. The number of hydrogen-bond donors (Lipinski definition) is 2. The third kappa shape index (κ3) is 2.39. The number of amides is 1. The summed E-state index contributed by atoms with van der Waals surface area (Å²) in [4.78, 5) is 12.6. The van der Waals surface area contributed by atoms with Crippen LogP contribution in [-0.2, 0) is 6.54 Å². The lowest BCUT2D eigenvalue weighted by molar-refractivity contribution is 0.0942. The molecule has 0 fully saturated rings. The van der Waals surface area contributed by atoms with Crippen LogP contribution in [0.2, 0.25) is 0 Å². The predicted octanol–water partition coefficient (Wildman–Crippen LogP) is 1.41. The number of anilines is 1. The Bertz CT molecular complexity index is 510. The van der Waals surface area contributed by atoms with Gasteiger partial charge in [-0.1, -0.05) is 0 Å². The molecule has 0 aromatic carbocycles. The Morgan fingerprint density at radius 1 is 1.62 bits per heavy atom. The van der Waals surface area contributed by atoms with Crippen molar-refractivity contribution in [3.05, 3.63) is 26.5 Å². The molecule has 2 aromatic rings. The number of nitrogens with zero attached hydrogens (tertiary/aromatic N) is 2. The number of aromatic nitrogens is 2. The molecule has 1 amide bonds. The molecule has 8 heteroatoms. The van der Waals surface area contributed by atoms with E-state index in [-0.39, 0.29) is 11.5 Å². The van der Waals surface area contributed by atoms with E-state index >= 15 is 0 Å². The lowest BCUT2D eigenvalue weighted by atomic mass is 10.4. The molecule has 0 unspecified atom stereocenters. The third-order valence-corrected chi connectivity index (χ3v) is 3.47. The number of halogens is 1. The van der Waals surface area contributed by atoms with E-state index in [1.165, 1.54) is 0 Å². The van der Waals surface area contributed by atoms with Crippen molar-refractivity contribution in [2.24, 2.45) is 0 Å². The zero-order valence-corrected chi connectivity index (χ0v) is 10.3. The number of thiophene rings is 1. The van der Waals surface area contributed by atoms with Gasteiger partial charge in [-0.25, -0.2) is 4.63 Å². The summed E-state index contributed by atoms with van der Waals surface area (Å²) in [5, 5.41) is 11.3. The molecule has 0 aliphatic carbocycles. The highest BCUT2D eigenvalue weighted by Crippen LogP contribution is 2.19. The number of carbonyl (C=O) groups excluding carboxylic acids is 1. The zero-order chi connectivity index (χ0) is 11.5. The van der Waals surface area contributed by atoms with E-state index in [1.807, 2.05) is 11.4 Å². The van der Waals surface area contributed by atoms with Gasteiger partial charge in [0, 0.05) is 14.7 Å². The molecule has 0 saturated heterocycles. The van der Waals surface area contributed by atoms with Gasteiger partial charge in [-0.3, -0.25) is 4.79 Å². The molecular weight excluding hydrogens is 296 g/mol. The van der Waals surface area contributed by atoms with Crippen LogP contribution in [0.1, 0.15) is 15.4 Å². The fourth-order valence-corrected chi connectivity index (χ4v) is 2.44. The molecule has 0 radical (unpaired) electrons. The standard InChI is InChI=1S/C8H7BrN4O2S/c9-4-1-5(16-3-4)2-11-8(14)6-7(10)13-15-12-6/h1,3H,2H2,(H2,10,13)(H,11,14). The van der Waals surface area contributed by atoms with E-state index in [4.69, 9.17) is 5.73 Å². The van der Waals surface area contributed by atoms with Crippen LogP contribution in [0, 0.1) is 0 Å². The van der Waals surface area contributed by atoms with Crippen LogP contribution in [0.25, 0.3) is 0 Å². The van der Waals surface area contributed by atoms with E-state index in [1.54, 1.807) is 11.3 Å². The summed E-state index contributed by atoms with van der Waals surface area (Å²) >= 11 is 4.87. The number of nitrogens with two attached hydrogens (primary N) is 1. The Labute approximate surface area is 103 Å². The van der Waals surface area contributed by atoms with Crippen LogP contribution >= 0.6 is 27.3 Å². The van der Waals surface area contributed by atoms with Crippen molar-refractivity contribution in [1.29, 1.82) is 0 Å². The van der Waals surface area contributed by atoms with Crippen LogP contribution in [0.15, 0.2) is 20.5 Å².